The van der Waals surface area contributed by atoms with Crippen LogP contribution in [0.4, 0.5) is 51.8 Å². The zero-order chi connectivity index (χ0) is 19.5. The second kappa shape index (κ2) is 11.7. The molecule has 0 heterocycles. The molecule has 0 radical (unpaired) electrons. The summed E-state index contributed by atoms with van der Waals surface area (Å²) < 4.78 is 117. The Labute approximate surface area is 132 Å². The Morgan fingerprint density at radius 2 is 0.696 bits per heavy atom. The molecule has 0 bridgehead atoms. The van der Waals surface area contributed by atoms with Crippen LogP contribution in [0.25, 0.3) is 0 Å². The van der Waals surface area contributed by atoms with Gasteiger partial charge in [-0.15, -0.1) is 0 Å². The molecule has 1 aromatic carbocycles. The van der Waals surface area contributed by atoms with Gasteiger partial charge in [-0.3, -0.25) is 0 Å². The molecule has 0 spiro atoms. The summed E-state index contributed by atoms with van der Waals surface area (Å²) in [6.45, 7) is 0. The first-order valence-corrected chi connectivity index (χ1v) is 5.57. The molecule has 0 amide bonds. The molecule has 0 aliphatic carbocycles. The Morgan fingerprint density at radius 3 is 0.783 bits per heavy atom. The summed E-state index contributed by atoms with van der Waals surface area (Å²) in [6, 6.07) is 7.08. The lowest BCUT2D eigenvalue weighted by Gasteiger charge is -1.94. The fourth-order valence-electron chi connectivity index (χ4n) is 0.460. The summed E-state index contributed by atoms with van der Waals surface area (Å²) in [5, 5.41) is 1.36. The van der Waals surface area contributed by atoms with E-state index in [-0.39, 0.29) is 0 Å². The maximum Gasteiger partial charge on any atom is 0.673 e. The van der Waals surface area contributed by atoms with E-state index >= 15 is 0 Å². The molecule has 0 atom stereocenters. The van der Waals surface area contributed by atoms with Crippen molar-refractivity contribution in [2.75, 3.05) is 0 Å². The topological polar surface area (TPSA) is 0 Å². The fourth-order valence-corrected chi connectivity index (χ4v) is 0.896. The van der Waals surface area contributed by atoms with E-state index < -0.39 is 21.8 Å². The predicted molar refractivity (Wildman–Crippen MR) is 67.0 cm³/mol. The second-order valence-corrected chi connectivity index (χ2v) is 3.80. The molecule has 0 fully saturated rings. The summed E-state index contributed by atoms with van der Waals surface area (Å²) in [7, 11) is -18.0. The van der Waals surface area contributed by atoms with Crippen LogP contribution in [-0.2, 0) is 0 Å². The SMILES string of the molecule is Clc1cccc(Cl)c1.F[B-](F)(F)F.F[B-](F)(F)F.F[B-](F)(F)F. The van der Waals surface area contributed by atoms with Gasteiger partial charge in [-0.25, -0.2) is 0 Å². The van der Waals surface area contributed by atoms with Gasteiger partial charge in [-0.2, -0.15) is 0 Å². The number of rotatable bonds is 0. The molecule has 17 heteroatoms. The van der Waals surface area contributed by atoms with Crippen LogP contribution < -0.4 is 0 Å². The number of benzene rings is 1. The van der Waals surface area contributed by atoms with Crippen LogP contribution in [-0.4, -0.2) is 21.8 Å². The van der Waals surface area contributed by atoms with Crippen LogP contribution in [0.15, 0.2) is 24.3 Å². The summed E-state index contributed by atoms with van der Waals surface area (Å²) >= 11 is 11.1. The Bertz CT molecular complexity index is 353. The molecule has 0 N–H and O–H groups in total. The molecule has 138 valence electrons. The highest BCUT2D eigenvalue weighted by atomic mass is 35.5. The van der Waals surface area contributed by atoms with Gasteiger partial charge in [0.1, 0.15) is 0 Å². The Hall–Kier alpha value is -0.845. The highest BCUT2D eigenvalue weighted by molar-refractivity contribution is 6.50. The minimum atomic E-state index is -6.00. The van der Waals surface area contributed by atoms with Crippen molar-refractivity contribution < 1.29 is 51.8 Å². The highest BCUT2D eigenvalue weighted by Gasteiger charge is 2.21. The third-order valence-electron chi connectivity index (χ3n) is 0.787. The molecule has 0 aliphatic heterocycles. The first kappa shape index (κ1) is 27.0. The lowest BCUT2D eigenvalue weighted by Crippen LogP contribution is -2.02. The van der Waals surface area contributed by atoms with Crippen LogP contribution in [0.5, 0.6) is 0 Å². The molecule has 0 unspecified atom stereocenters. The van der Waals surface area contributed by atoms with Crippen molar-refractivity contribution in [1.82, 2.24) is 0 Å². The van der Waals surface area contributed by atoms with Crippen molar-refractivity contribution in [3.05, 3.63) is 34.3 Å². The fraction of sp³-hybridized carbons (Fsp3) is 0. The van der Waals surface area contributed by atoms with Gasteiger partial charge in [0.2, 0.25) is 0 Å². The monoisotopic (exact) mass is 407 g/mol. The molecule has 0 aliphatic rings. The van der Waals surface area contributed by atoms with Gasteiger partial charge >= 0.3 is 21.8 Å². The van der Waals surface area contributed by atoms with E-state index in [1.807, 2.05) is 6.07 Å². The standard InChI is InChI=1S/C6H4Cl2.3BF4/c7-5-2-1-3-6(8)4-5;3*2-1(3,4)5/h1-4H;;;/q;3*-1. The van der Waals surface area contributed by atoms with Crippen molar-refractivity contribution in [1.29, 1.82) is 0 Å². The van der Waals surface area contributed by atoms with Gasteiger partial charge in [0.05, 0.1) is 0 Å². The molecule has 1 aromatic rings. The van der Waals surface area contributed by atoms with Crippen molar-refractivity contribution in [3.63, 3.8) is 0 Å². The lowest BCUT2D eigenvalue weighted by atomic mass is 10.3. The number of halogens is 14. The van der Waals surface area contributed by atoms with E-state index in [9.17, 15) is 51.8 Å². The Morgan fingerprint density at radius 1 is 0.522 bits per heavy atom. The molecule has 23 heavy (non-hydrogen) atoms. The molecular formula is C6H4B3Cl2F12-3. The average molecular weight is 407 g/mol. The van der Waals surface area contributed by atoms with Crippen molar-refractivity contribution >= 4 is 45.0 Å². The van der Waals surface area contributed by atoms with Gasteiger partial charge in [0.25, 0.3) is 0 Å². The largest absolute Gasteiger partial charge is 0.673 e. The van der Waals surface area contributed by atoms with Gasteiger partial charge in [0, 0.05) is 10.0 Å². The summed E-state index contributed by atoms with van der Waals surface area (Å²) in [4.78, 5) is 0. The van der Waals surface area contributed by atoms with E-state index in [4.69, 9.17) is 23.2 Å². The van der Waals surface area contributed by atoms with Crippen LogP contribution in [0.3, 0.4) is 0 Å². The van der Waals surface area contributed by atoms with E-state index in [1.165, 1.54) is 0 Å². The van der Waals surface area contributed by atoms with Crippen molar-refractivity contribution in [3.8, 4) is 0 Å². The quantitative estimate of drug-likeness (QED) is 0.324. The number of hydrogen-bond donors (Lipinski definition) is 0. The van der Waals surface area contributed by atoms with Crippen LogP contribution >= 0.6 is 23.2 Å². The molecular weight excluding hydrogens is 403 g/mol. The van der Waals surface area contributed by atoms with E-state index in [2.05, 4.69) is 0 Å². The maximum absolute atomic E-state index is 9.75. The van der Waals surface area contributed by atoms with Crippen LogP contribution in [0.2, 0.25) is 10.0 Å². The number of hydrogen-bond acceptors (Lipinski definition) is 0. The summed E-state index contributed by atoms with van der Waals surface area (Å²) in [5.41, 5.74) is 0. The van der Waals surface area contributed by atoms with Gasteiger partial charge in [0.15, 0.2) is 0 Å². The van der Waals surface area contributed by atoms with Crippen molar-refractivity contribution in [2.24, 2.45) is 0 Å². The van der Waals surface area contributed by atoms with Crippen LogP contribution in [0.1, 0.15) is 0 Å². The van der Waals surface area contributed by atoms with E-state index in [0.717, 1.165) is 0 Å². The second-order valence-electron chi connectivity index (χ2n) is 2.92. The first-order chi connectivity index (χ1) is 9.79. The summed E-state index contributed by atoms with van der Waals surface area (Å²) in [5.74, 6) is 0. The first-order valence-electron chi connectivity index (χ1n) is 4.82. The van der Waals surface area contributed by atoms with Gasteiger partial charge in [-0.05, 0) is 18.2 Å². The molecule has 0 nitrogen and oxygen atoms in total. The lowest BCUT2D eigenvalue weighted by molar-refractivity contribution is 0.366. The Balaban J connectivity index is -0.000000240. The molecule has 0 saturated heterocycles. The van der Waals surface area contributed by atoms with Crippen LogP contribution in [0, 0.1) is 0 Å². The van der Waals surface area contributed by atoms with E-state index in [0.29, 0.717) is 10.0 Å². The third-order valence-corrected chi connectivity index (χ3v) is 1.26. The third kappa shape index (κ3) is 92.6. The maximum atomic E-state index is 9.75. The smallest absolute Gasteiger partial charge is 0.418 e. The minimum absolute atomic E-state index is 0.678. The minimum Gasteiger partial charge on any atom is -0.418 e. The molecule has 0 saturated carbocycles. The highest BCUT2D eigenvalue weighted by Crippen LogP contribution is 2.14. The molecule has 0 aromatic heterocycles. The summed E-state index contributed by atoms with van der Waals surface area (Å²) in [6.07, 6.45) is 0. The van der Waals surface area contributed by atoms with Gasteiger partial charge < -0.3 is 51.8 Å². The van der Waals surface area contributed by atoms with Gasteiger partial charge in [-0.1, -0.05) is 29.3 Å². The molecule has 1 rings (SSSR count). The average Bonchev–Trinajstić information content (AvgIpc) is 2.07. The van der Waals surface area contributed by atoms with E-state index in [1.54, 1.807) is 18.2 Å². The zero-order valence-electron chi connectivity index (χ0n) is 10.3. The predicted octanol–water partition coefficient (Wildman–Crippen LogP) is 6.89. The normalized spacial score (nSPS) is 11.0. The zero-order valence-corrected chi connectivity index (χ0v) is 11.8. The Kier molecular flexibility index (Phi) is 13.7. The van der Waals surface area contributed by atoms with Crippen molar-refractivity contribution in [2.45, 2.75) is 0 Å².